The molecule has 25 heavy (non-hydrogen) atoms. The Morgan fingerprint density at radius 1 is 1.20 bits per heavy atom. The Morgan fingerprint density at radius 2 is 1.96 bits per heavy atom. The summed E-state index contributed by atoms with van der Waals surface area (Å²) in [6.07, 6.45) is 3.65. The molecular weight excluding hydrogens is 314 g/mol. The summed E-state index contributed by atoms with van der Waals surface area (Å²) in [4.78, 5) is 19.0. The third kappa shape index (κ3) is 4.01. The van der Waals surface area contributed by atoms with Crippen LogP contribution in [0.4, 0.5) is 5.69 Å². The van der Waals surface area contributed by atoms with Crippen molar-refractivity contribution in [2.24, 2.45) is 5.73 Å². The lowest BCUT2D eigenvalue weighted by molar-refractivity contribution is -0.114. The summed E-state index contributed by atoms with van der Waals surface area (Å²) in [6, 6.07) is 10.1. The molecule has 0 bridgehead atoms. The summed E-state index contributed by atoms with van der Waals surface area (Å²) in [7, 11) is 0. The number of carbonyl (C=O) groups is 1. The van der Waals surface area contributed by atoms with Crippen LogP contribution in [0.15, 0.2) is 36.0 Å². The van der Waals surface area contributed by atoms with Gasteiger partial charge in [-0.1, -0.05) is 18.2 Å². The van der Waals surface area contributed by atoms with Gasteiger partial charge in [0.1, 0.15) is 11.6 Å². The predicted molar refractivity (Wildman–Crippen MR) is 97.9 cm³/mol. The average molecular weight is 339 g/mol. The highest BCUT2D eigenvalue weighted by molar-refractivity contribution is 6.08. The molecule has 132 valence electrons. The zero-order valence-electron chi connectivity index (χ0n) is 14.5. The number of amides is 1. The summed E-state index contributed by atoms with van der Waals surface area (Å²) in [5, 5.41) is 9.52. The largest absolute Gasteiger partial charge is 0.374 e. The van der Waals surface area contributed by atoms with Crippen LogP contribution in [0.25, 0.3) is 0 Å². The maximum atomic E-state index is 12.9. The lowest BCUT2D eigenvalue weighted by Crippen LogP contribution is -2.46. The lowest BCUT2D eigenvalue weighted by atomic mass is 10.0. The van der Waals surface area contributed by atoms with Gasteiger partial charge in [0, 0.05) is 57.7 Å². The highest BCUT2D eigenvalue weighted by atomic mass is 16.2. The fourth-order valence-electron chi connectivity index (χ4n) is 3.50. The minimum absolute atomic E-state index is 0.195. The molecule has 0 aromatic heterocycles. The van der Waals surface area contributed by atoms with Crippen LogP contribution in [-0.2, 0) is 11.2 Å². The first kappa shape index (κ1) is 17.5. The maximum Gasteiger partial charge on any atom is 0.270 e. The second kappa shape index (κ2) is 8.15. The minimum atomic E-state index is -0.195. The fourth-order valence-corrected chi connectivity index (χ4v) is 3.50. The first-order valence-electron chi connectivity index (χ1n) is 8.91. The summed E-state index contributed by atoms with van der Waals surface area (Å²) < 4.78 is 0. The molecule has 6 heteroatoms. The van der Waals surface area contributed by atoms with Gasteiger partial charge in [-0.15, -0.1) is 0 Å². The van der Waals surface area contributed by atoms with Crippen molar-refractivity contribution in [2.75, 3.05) is 50.7 Å². The standard InChI is InChI=1S/C19H25N5O/c20-7-9-22-10-12-23(13-11-22)15-17(14-21)19(25)24-8-3-5-16-4-1-2-6-18(16)24/h1-2,4,6,15H,3,5,7-13,20H2/b17-15-. The first-order chi connectivity index (χ1) is 12.2. The molecule has 0 saturated carbocycles. The van der Waals surface area contributed by atoms with Gasteiger partial charge in [0.05, 0.1) is 0 Å². The molecule has 6 nitrogen and oxygen atoms in total. The van der Waals surface area contributed by atoms with Crippen molar-refractivity contribution in [1.82, 2.24) is 9.80 Å². The van der Waals surface area contributed by atoms with E-state index in [-0.39, 0.29) is 11.5 Å². The molecule has 2 N–H and O–H groups in total. The first-order valence-corrected chi connectivity index (χ1v) is 8.91. The average Bonchev–Trinajstić information content (AvgIpc) is 2.66. The fraction of sp³-hybridized carbons (Fsp3) is 0.474. The molecule has 0 radical (unpaired) electrons. The van der Waals surface area contributed by atoms with E-state index in [1.54, 1.807) is 11.1 Å². The Labute approximate surface area is 149 Å². The van der Waals surface area contributed by atoms with E-state index in [1.807, 2.05) is 18.2 Å². The molecular formula is C19H25N5O. The van der Waals surface area contributed by atoms with Gasteiger partial charge in [-0.2, -0.15) is 5.26 Å². The van der Waals surface area contributed by atoms with E-state index in [9.17, 15) is 10.1 Å². The number of nitrogens with two attached hydrogens (primary N) is 1. The summed E-state index contributed by atoms with van der Waals surface area (Å²) >= 11 is 0. The third-order valence-corrected chi connectivity index (χ3v) is 4.87. The Bertz CT molecular complexity index is 685. The van der Waals surface area contributed by atoms with Gasteiger partial charge in [0.2, 0.25) is 0 Å². The normalized spacial score (nSPS) is 18.6. The van der Waals surface area contributed by atoms with Gasteiger partial charge in [-0.25, -0.2) is 0 Å². The van der Waals surface area contributed by atoms with Gasteiger partial charge in [-0.3, -0.25) is 9.69 Å². The topological polar surface area (TPSA) is 76.6 Å². The summed E-state index contributed by atoms with van der Waals surface area (Å²) in [5.74, 6) is -0.195. The third-order valence-electron chi connectivity index (χ3n) is 4.87. The highest BCUT2D eigenvalue weighted by Crippen LogP contribution is 2.27. The zero-order chi connectivity index (χ0) is 17.6. The quantitative estimate of drug-likeness (QED) is 0.653. The number of hydrogen-bond acceptors (Lipinski definition) is 5. The molecule has 1 saturated heterocycles. The predicted octanol–water partition coefficient (Wildman–Crippen LogP) is 0.950. The van der Waals surface area contributed by atoms with Crippen LogP contribution in [-0.4, -0.2) is 61.5 Å². The molecule has 0 unspecified atom stereocenters. The van der Waals surface area contributed by atoms with E-state index >= 15 is 0 Å². The number of nitriles is 1. The van der Waals surface area contributed by atoms with Crippen molar-refractivity contribution in [3.8, 4) is 6.07 Å². The van der Waals surface area contributed by atoms with Gasteiger partial charge in [-0.05, 0) is 24.5 Å². The lowest BCUT2D eigenvalue weighted by Gasteiger charge is -2.34. The number of benzene rings is 1. The zero-order valence-corrected chi connectivity index (χ0v) is 14.5. The van der Waals surface area contributed by atoms with Crippen molar-refractivity contribution in [3.63, 3.8) is 0 Å². The van der Waals surface area contributed by atoms with Crippen molar-refractivity contribution < 1.29 is 4.79 Å². The van der Waals surface area contributed by atoms with Gasteiger partial charge < -0.3 is 15.5 Å². The maximum absolute atomic E-state index is 12.9. The minimum Gasteiger partial charge on any atom is -0.374 e. The molecule has 0 atom stereocenters. The van der Waals surface area contributed by atoms with E-state index in [4.69, 9.17) is 5.73 Å². The SMILES string of the molecule is N#C/C(=C/N1CCN(CCN)CC1)C(=O)N1CCCc2ccccc21. The molecule has 2 aliphatic rings. The van der Waals surface area contributed by atoms with Gasteiger partial charge >= 0.3 is 0 Å². The Hall–Kier alpha value is -2.36. The molecule has 2 aliphatic heterocycles. The van der Waals surface area contributed by atoms with Crippen LogP contribution in [0.1, 0.15) is 12.0 Å². The van der Waals surface area contributed by atoms with Crippen LogP contribution in [0.3, 0.4) is 0 Å². The van der Waals surface area contributed by atoms with E-state index in [0.717, 1.165) is 51.3 Å². The Balaban J connectivity index is 1.72. The van der Waals surface area contributed by atoms with Crippen molar-refractivity contribution in [1.29, 1.82) is 5.26 Å². The molecule has 1 amide bonds. The van der Waals surface area contributed by atoms with Gasteiger partial charge in [0.15, 0.2) is 0 Å². The van der Waals surface area contributed by atoms with E-state index in [0.29, 0.717) is 13.1 Å². The number of hydrogen-bond donors (Lipinski definition) is 1. The number of aryl methyl sites for hydroxylation is 1. The van der Waals surface area contributed by atoms with Crippen LogP contribution in [0, 0.1) is 11.3 Å². The second-order valence-corrected chi connectivity index (χ2v) is 6.51. The number of anilines is 1. The monoisotopic (exact) mass is 339 g/mol. The number of carbonyl (C=O) groups excluding carboxylic acids is 1. The van der Waals surface area contributed by atoms with E-state index in [2.05, 4.69) is 21.9 Å². The Morgan fingerprint density at radius 3 is 2.68 bits per heavy atom. The number of nitrogens with zero attached hydrogens (tertiary/aromatic N) is 4. The van der Waals surface area contributed by atoms with E-state index < -0.39 is 0 Å². The number of piperazine rings is 1. The molecule has 0 aliphatic carbocycles. The number of para-hydroxylation sites is 1. The van der Waals surface area contributed by atoms with Crippen molar-refractivity contribution in [3.05, 3.63) is 41.6 Å². The molecule has 3 rings (SSSR count). The number of fused-ring (bicyclic) bond motifs is 1. The number of rotatable bonds is 4. The van der Waals surface area contributed by atoms with Crippen LogP contribution in [0.5, 0.6) is 0 Å². The van der Waals surface area contributed by atoms with Crippen molar-refractivity contribution in [2.45, 2.75) is 12.8 Å². The second-order valence-electron chi connectivity index (χ2n) is 6.51. The smallest absolute Gasteiger partial charge is 0.270 e. The molecule has 1 fully saturated rings. The Kier molecular flexibility index (Phi) is 5.69. The molecule has 0 spiro atoms. The van der Waals surface area contributed by atoms with Crippen molar-refractivity contribution >= 4 is 11.6 Å². The van der Waals surface area contributed by atoms with Gasteiger partial charge in [0.25, 0.3) is 5.91 Å². The summed E-state index contributed by atoms with van der Waals surface area (Å²) in [6.45, 7) is 5.67. The van der Waals surface area contributed by atoms with Crippen LogP contribution >= 0.6 is 0 Å². The highest BCUT2D eigenvalue weighted by Gasteiger charge is 2.25. The molecule has 1 aromatic carbocycles. The molecule has 1 aromatic rings. The molecule has 2 heterocycles. The summed E-state index contributed by atoms with van der Waals surface area (Å²) in [5.41, 5.74) is 7.92. The van der Waals surface area contributed by atoms with Crippen LogP contribution in [0.2, 0.25) is 0 Å². The van der Waals surface area contributed by atoms with E-state index in [1.165, 1.54) is 5.56 Å². The van der Waals surface area contributed by atoms with Crippen LogP contribution < -0.4 is 10.6 Å².